The largest absolute Gasteiger partial charge is 0.497 e. The van der Waals surface area contributed by atoms with Gasteiger partial charge in [0.1, 0.15) is 11.6 Å². The molecule has 7 nitrogen and oxygen atoms in total. The van der Waals surface area contributed by atoms with Crippen molar-refractivity contribution in [2.45, 2.75) is 12.1 Å². The van der Waals surface area contributed by atoms with Crippen molar-refractivity contribution in [1.82, 2.24) is 20.2 Å². The van der Waals surface area contributed by atoms with Gasteiger partial charge < -0.3 is 4.74 Å². The van der Waals surface area contributed by atoms with Gasteiger partial charge in [-0.3, -0.25) is 15.5 Å². The number of carbonyl (C=O) groups is 1. The van der Waals surface area contributed by atoms with Gasteiger partial charge in [-0.15, -0.1) is 10.2 Å². The van der Waals surface area contributed by atoms with E-state index in [1.54, 1.807) is 43.0 Å². The van der Waals surface area contributed by atoms with E-state index in [-0.39, 0.29) is 11.0 Å². The van der Waals surface area contributed by atoms with Gasteiger partial charge in [-0.2, -0.15) is 0 Å². The van der Waals surface area contributed by atoms with Gasteiger partial charge in [0.2, 0.25) is 5.16 Å². The van der Waals surface area contributed by atoms with Gasteiger partial charge in [-0.25, -0.2) is 4.68 Å². The minimum atomic E-state index is -0.309. The van der Waals surface area contributed by atoms with Crippen LogP contribution >= 0.6 is 24.0 Å². The highest BCUT2D eigenvalue weighted by atomic mass is 32.2. The third-order valence-corrected chi connectivity index (χ3v) is 3.59. The minimum Gasteiger partial charge on any atom is -0.497 e. The smallest absolute Gasteiger partial charge is 0.257 e. The molecule has 1 heterocycles. The second-order valence-electron chi connectivity index (χ2n) is 4.19. The van der Waals surface area contributed by atoms with Crippen LogP contribution in [-0.2, 0) is 0 Å². The van der Waals surface area contributed by atoms with E-state index in [2.05, 4.69) is 20.9 Å². The van der Waals surface area contributed by atoms with Gasteiger partial charge >= 0.3 is 0 Å². The van der Waals surface area contributed by atoms with Crippen molar-refractivity contribution in [3.63, 3.8) is 0 Å². The molecule has 0 bridgehead atoms. The number of ether oxygens (including phenoxy) is 1. The van der Waals surface area contributed by atoms with Crippen molar-refractivity contribution in [3.05, 3.63) is 35.7 Å². The van der Waals surface area contributed by atoms with Gasteiger partial charge in [0.05, 0.1) is 7.11 Å². The zero-order valence-corrected chi connectivity index (χ0v) is 13.9. The Labute approximate surface area is 137 Å². The molecule has 22 heavy (non-hydrogen) atoms. The number of rotatable bonds is 4. The number of amides is 1. The normalized spacial score (nSPS) is 10.1. The van der Waals surface area contributed by atoms with Crippen LogP contribution in [0.4, 0.5) is 0 Å². The SMILES string of the molecule is COc1ccc(C(=O)NC(=S)Nn2c(C)nnc2SC)cc1. The molecule has 0 aliphatic rings. The van der Waals surface area contributed by atoms with Crippen molar-refractivity contribution in [2.24, 2.45) is 0 Å². The molecule has 1 aromatic heterocycles. The van der Waals surface area contributed by atoms with E-state index in [0.29, 0.717) is 22.3 Å². The number of thioether (sulfide) groups is 1. The second-order valence-corrected chi connectivity index (χ2v) is 5.37. The number of hydrogen-bond acceptors (Lipinski definition) is 6. The average Bonchev–Trinajstić information content (AvgIpc) is 2.87. The summed E-state index contributed by atoms with van der Waals surface area (Å²) >= 11 is 6.56. The number of nitrogens with one attached hydrogen (secondary N) is 2. The van der Waals surface area contributed by atoms with Crippen LogP contribution in [-0.4, -0.2) is 39.3 Å². The maximum absolute atomic E-state index is 12.1. The number of methoxy groups -OCH3 is 1. The maximum atomic E-state index is 12.1. The molecule has 0 aliphatic carbocycles. The molecule has 1 amide bonds. The van der Waals surface area contributed by atoms with Crippen molar-refractivity contribution >= 4 is 35.0 Å². The summed E-state index contributed by atoms with van der Waals surface area (Å²) in [7, 11) is 1.57. The number of thiocarbonyl (C=S) groups is 1. The van der Waals surface area contributed by atoms with Crippen LogP contribution in [0.15, 0.2) is 29.4 Å². The summed E-state index contributed by atoms with van der Waals surface area (Å²) in [6, 6.07) is 6.74. The number of hydrogen-bond donors (Lipinski definition) is 2. The first kappa shape index (κ1) is 16.2. The summed E-state index contributed by atoms with van der Waals surface area (Å²) in [4.78, 5) is 12.1. The Morgan fingerprint density at radius 1 is 1.32 bits per heavy atom. The maximum Gasteiger partial charge on any atom is 0.257 e. The molecule has 0 saturated heterocycles. The highest BCUT2D eigenvalue weighted by molar-refractivity contribution is 7.98. The minimum absolute atomic E-state index is 0.166. The Bertz CT molecular complexity index is 684. The zero-order chi connectivity index (χ0) is 16.1. The summed E-state index contributed by atoms with van der Waals surface area (Å²) in [5, 5.41) is 11.3. The third kappa shape index (κ3) is 3.74. The van der Waals surface area contributed by atoms with Gasteiger partial charge in [-0.1, -0.05) is 11.8 Å². The first-order valence-corrected chi connectivity index (χ1v) is 7.91. The number of aryl methyl sites for hydroxylation is 1. The van der Waals surface area contributed by atoms with Crippen molar-refractivity contribution in [3.8, 4) is 5.75 Å². The summed E-state index contributed by atoms with van der Waals surface area (Å²) in [5.74, 6) is 1.02. The summed E-state index contributed by atoms with van der Waals surface area (Å²) in [6.45, 7) is 1.79. The average molecular weight is 337 g/mol. The quantitative estimate of drug-likeness (QED) is 0.647. The summed E-state index contributed by atoms with van der Waals surface area (Å²) < 4.78 is 6.66. The Kier molecular flexibility index (Phi) is 5.34. The Morgan fingerprint density at radius 2 is 2.00 bits per heavy atom. The van der Waals surface area contributed by atoms with E-state index >= 15 is 0 Å². The number of nitrogens with zero attached hydrogens (tertiary/aromatic N) is 3. The van der Waals surface area contributed by atoms with Crippen LogP contribution < -0.4 is 15.5 Å². The van der Waals surface area contributed by atoms with Gasteiger partial charge in [-0.05, 0) is 49.7 Å². The standard InChI is InChI=1S/C13H15N5O2S2/c1-8-15-16-13(22-3)18(8)17-12(21)14-11(19)9-4-6-10(20-2)7-5-9/h4-7H,1-3H3,(H2,14,17,19,21). The molecular weight excluding hydrogens is 322 g/mol. The molecule has 0 saturated carbocycles. The predicted octanol–water partition coefficient (Wildman–Crippen LogP) is 1.58. The van der Waals surface area contributed by atoms with Crippen LogP contribution in [0.5, 0.6) is 5.75 Å². The summed E-state index contributed by atoms with van der Waals surface area (Å²) in [6.07, 6.45) is 1.88. The molecule has 2 aromatic rings. The fourth-order valence-corrected chi connectivity index (χ4v) is 2.32. The van der Waals surface area contributed by atoms with Crippen LogP contribution in [0.3, 0.4) is 0 Å². The topological polar surface area (TPSA) is 81.1 Å². The monoisotopic (exact) mass is 337 g/mol. The molecular formula is C13H15N5O2S2. The third-order valence-electron chi connectivity index (χ3n) is 2.77. The van der Waals surface area contributed by atoms with Crippen molar-refractivity contribution in [1.29, 1.82) is 0 Å². The molecule has 0 unspecified atom stereocenters. The number of carbonyl (C=O) groups excluding carboxylic acids is 1. The molecule has 2 rings (SSSR count). The second kappa shape index (κ2) is 7.23. The highest BCUT2D eigenvalue weighted by Crippen LogP contribution is 2.12. The Morgan fingerprint density at radius 3 is 2.59 bits per heavy atom. The molecule has 0 atom stereocenters. The fraction of sp³-hybridized carbons (Fsp3) is 0.231. The van der Waals surface area contributed by atoms with Crippen molar-refractivity contribution in [2.75, 3.05) is 18.8 Å². The molecule has 116 valence electrons. The Hall–Kier alpha value is -2.13. The fourth-order valence-electron chi connectivity index (χ4n) is 1.65. The van der Waals surface area contributed by atoms with E-state index < -0.39 is 0 Å². The lowest BCUT2D eigenvalue weighted by Gasteiger charge is -2.12. The molecule has 0 radical (unpaired) electrons. The molecule has 0 spiro atoms. The molecule has 2 N–H and O–H groups in total. The van der Waals surface area contributed by atoms with Crippen molar-refractivity contribution < 1.29 is 9.53 Å². The zero-order valence-electron chi connectivity index (χ0n) is 12.3. The van der Waals surface area contributed by atoms with E-state index in [0.717, 1.165) is 0 Å². The lowest BCUT2D eigenvalue weighted by molar-refractivity contribution is 0.0977. The molecule has 0 fully saturated rings. The lowest BCUT2D eigenvalue weighted by atomic mass is 10.2. The first-order chi connectivity index (χ1) is 10.5. The van der Waals surface area contributed by atoms with Gasteiger partial charge in [0, 0.05) is 5.56 Å². The van der Waals surface area contributed by atoms with Crippen LogP contribution in [0.25, 0.3) is 0 Å². The van der Waals surface area contributed by atoms with Crippen LogP contribution in [0.2, 0.25) is 0 Å². The predicted molar refractivity (Wildman–Crippen MR) is 89.0 cm³/mol. The Balaban J connectivity index is 2.01. The molecule has 0 aliphatic heterocycles. The van der Waals surface area contributed by atoms with E-state index in [9.17, 15) is 4.79 Å². The highest BCUT2D eigenvalue weighted by Gasteiger charge is 2.12. The van der Waals surface area contributed by atoms with E-state index in [1.165, 1.54) is 11.8 Å². The molecule has 9 heteroatoms. The van der Waals surface area contributed by atoms with Gasteiger partial charge in [0.25, 0.3) is 5.91 Å². The van der Waals surface area contributed by atoms with Crippen LogP contribution in [0, 0.1) is 6.92 Å². The first-order valence-electron chi connectivity index (χ1n) is 6.27. The van der Waals surface area contributed by atoms with E-state index in [4.69, 9.17) is 17.0 Å². The van der Waals surface area contributed by atoms with E-state index in [1.807, 2.05) is 6.26 Å². The summed E-state index contributed by atoms with van der Waals surface area (Å²) in [5.41, 5.74) is 3.36. The van der Waals surface area contributed by atoms with Gasteiger partial charge in [0.15, 0.2) is 5.11 Å². The lowest BCUT2D eigenvalue weighted by Crippen LogP contribution is -2.38. The number of aromatic nitrogens is 3. The number of benzene rings is 1. The molecule has 1 aromatic carbocycles. The van der Waals surface area contributed by atoms with Crippen LogP contribution in [0.1, 0.15) is 16.2 Å².